The predicted octanol–water partition coefficient (Wildman–Crippen LogP) is 3.26. The zero-order chi connectivity index (χ0) is 13.7. The molecule has 0 aliphatic heterocycles. The Morgan fingerprint density at radius 2 is 2.20 bits per heavy atom. The van der Waals surface area contributed by atoms with Crippen molar-refractivity contribution >= 4 is 28.0 Å². The van der Waals surface area contributed by atoms with Gasteiger partial charge in [-0.15, -0.1) is 0 Å². The molecule has 0 radical (unpaired) electrons. The Morgan fingerprint density at radius 3 is 3.00 bits per heavy atom. The molecule has 5 nitrogen and oxygen atoms in total. The molecule has 0 saturated heterocycles. The molecule has 4 heterocycles. The van der Waals surface area contributed by atoms with Crippen molar-refractivity contribution in [1.29, 1.82) is 0 Å². The number of aromatic nitrogens is 4. The molecule has 0 atom stereocenters. The van der Waals surface area contributed by atoms with E-state index in [-0.39, 0.29) is 0 Å². The standard InChI is InChI=1S/C14H12N4OS/c1-8-13-12(10-3-4-11(19-2)20-10)16-7-18(13)9-5-6-15-14(9)17-8/h3-7,15H,1-2H3. The van der Waals surface area contributed by atoms with Gasteiger partial charge in [0.05, 0.1) is 28.7 Å². The first kappa shape index (κ1) is 11.5. The van der Waals surface area contributed by atoms with Crippen molar-refractivity contribution < 1.29 is 4.74 Å². The first-order chi connectivity index (χ1) is 9.78. The van der Waals surface area contributed by atoms with Crippen LogP contribution >= 0.6 is 11.3 Å². The summed E-state index contributed by atoms with van der Waals surface area (Å²) < 4.78 is 7.34. The Hall–Kier alpha value is -2.34. The minimum absolute atomic E-state index is 0.878. The van der Waals surface area contributed by atoms with E-state index in [1.165, 1.54) is 0 Å². The number of thiophene rings is 1. The van der Waals surface area contributed by atoms with E-state index in [0.29, 0.717) is 0 Å². The van der Waals surface area contributed by atoms with Gasteiger partial charge in [-0.2, -0.15) is 0 Å². The van der Waals surface area contributed by atoms with E-state index in [9.17, 15) is 0 Å². The highest BCUT2D eigenvalue weighted by atomic mass is 32.1. The lowest BCUT2D eigenvalue weighted by atomic mass is 10.2. The van der Waals surface area contributed by atoms with E-state index in [2.05, 4.69) is 19.4 Å². The Balaban J connectivity index is 2.05. The van der Waals surface area contributed by atoms with Crippen LogP contribution in [0.2, 0.25) is 0 Å². The average Bonchev–Trinajstić information content (AvgIpc) is 3.16. The summed E-state index contributed by atoms with van der Waals surface area (Å²) in [6.07, 6.45) is 3.74. The number of aryl methyl sites for hydroxylation is 1. The molecule has 1 N–H and O–H groups in total. The zero-order valence-electron chi connectivity index (χ0n) is 11.0. The number of rotatable bonds is 2. The molecule has 0 amide bonds. The summed E-state index contributed by atoms with van der Waals surface area (Å²) >= 11 is 1.59. The van der Waals surface area contributed by atoms with Gasteiger partial charge in [0.2, 0.25) is 0 Å². The summed E-state index contributed by atoms with van der Waals surface area (Å²) in [5.41, 5.74) is 4.86. The van der Waals surface area contributed by atoms with E-state index in [4.69, 9.17) is 4.74 Å². The summed E-state index contributed by atoms with van der Waals surface area (Å²) in [6.45, 7) is 2.01. The second kappa shape index (κ2) is 4.08. The van der Waals surface area contributed by atoms with Crippen molar-refractivity contribution in [3.8, 4) is 15.6 Å². The lowest BCUT2D eigenvalue weighted by molar-refractivity contribution is 0.427. The minimum Gasteiger partial charge on any atom is -0.487 e. The molecule has 100 valence electrons. The van der Waals surface area contributed by atoms with Crippen LogP contribution in [0.4, 0.5) is 0 Å². The number of nitrogens with zero attached hydrogens (tertiary/aromatic N) is 3. The van der Waals surface area contributed by atoms with E-state index in [1.807, 2.05) is 37.6 Å². The van der Waals surface area contributed by atoms with Crippen LogP contribution in [0.3, 0.4) is 0 Å². The summed E-state index contributed by atoms with van der Waals surface area (Å²) in [7, 11) is 1.68. The summed E-state index contributed by atoms with van der Waals surface area (Å²) in [5.74, 6) is 0. The zero-order valence-corrected chi connectivity index (χ0v) is 11.9. The van der Waals surface area contributed by atoms with Gasteiger partial charge < -0.3 is 9.72 Å². The van der Waals surface area contributed by atoms with Crippen LogP contribution in [-0.2, 0) is 0 Å². The number of hydrogen-bond donors (Lipinski definition) is 1. The average molecular weight is 284 g/mol. The maximum absolute atomic E-state index is 5.26. The summed E-state index contributed by atoms with van der Waals surface area (Å²) in [5, 5.41) is 0.884. The van der Waals surface area contributed by atoms with Crippen LogP contribution in [0, 0.1) is 6.92 Å². The SMILES string of the molecule is COc1ccc(-c2ncn3c2c(C)nc2[nH]ccc23)s1. The molecule has 0 unspecified atom stereocenters. The predicted molar refractivity (Wildman–Crippen MR) is 79.4 cm³/mol. The van der Waals surface area contributed by atoms with Crippen LogP contribution in [0.1, 0.15) is 5.69 Å². The van der Waals surface area contributed by atoms with Gasteiger partial charge in [0.15, 0.2) is 10.7 Å². The number of hydrogen-bond acceptors (Lipinski definition) is 4. The van der Waals surface area contributed by atoms with Gasteiger partial charge in [0.25, 0.3) is 0 Å². The molecule has 6 heteroatoms. The highest BCUT2D eigenvalue weighted by molar-refractivity contribution is 7.17. The Kier molecular flexibility index (Phi) is 2.34. The third-order valence-corrected chi connectivity index (χ3v) is 4.42. The highest BCUT2D eigenvalue weighted by Crippen LogP contribution is 2.35. The molecule has 0 spiro atoms. The van der Waals surface area contributed by atoms with Crippen molar-refractivity contribution in [2.45, 2.75) is 6.92 Å². The van der Waals surface area contributed by atoms with Gasteiger partial charge in [-0.3, -0.25) is 4.40 Å². The van der Waals surface area contributed by atoms with Crippen LogP contribution in [0.5, 0.6) is 5.06 Å². The maximum atomic E-state index is 5.26. The van der Waals surface area contributed by atoms with Crippen molar-refractivity contribution in [3.05, 3.63) is 36.4 Å². The second-order valence-electron chi connectivity index (χ2n) is 4.54. The number of fused-ring (bicyclic) bond motifs is 3. The molecule has 0 aliphatic rings. The van der Waals surface area contributed by atoms with Crippen molar-refractivity contribution in [2.75, 3.05) is 7.11 Å². The van der Waals surface area contributed by atoms with Gasteiger partial charge in [0.1, 0.15) is 12.0 Å². The Labute approximate surface area is 118 Å². The fraction of sp³-hybridized carbons (Fsp3) is 0.143. The normalized spacial score (nSPS) is 11.5. The quantitative estimate of drug-likeness (QED) is 0.614. The minimum atomic E-state index is 0.878. The lowest BCUT2D eigenvalue weighted by Crippen LogP contribution is -1.92. The first-order valence-corrected chi connectivity index (χ1v) is 7.04. The van der Waals surface area contributed by atoms with Crippen LogP contribution in [0.25, 0.3) is 27.3 Å². The van der Waals surface area contributed by atoms with Gasteiger partial charge >= 0.3 is 0 Å². The smallest absolute Gasteiger partial charge is 0.173 e. The van der Waals surface area contributed by atoms with Gasteiger partial charge in [0, 0.05) is 6.20 Å². The lowest BCUT2D eigenvalue weighted by Gasteiger charge is -2.02. The fourth-order valence-corrected chi connectivity index (χ4v) is 3.29. The number of ether oxygens (including phenoxy) is 1. The molecule has 0 fully saturated rings. The first-order valence-electron chi connectivity index (χ1n) is 6.23. The summed E-state index contributed by atoms with van der Waals surface area (Å²) in [4.78, 5) is 13.4. The van der Waals surface area contributed by atoms with Crippen LogP contribution in [0.15, 0.2) is 30.7 Å². The van der Waals surface area contributed by atoms with E-state index < -0.39 is 0 Å². The number of nitrogens with one attached hydrogen (secondary N) is 1. The number of H-pyrrole nitrogens is 1. The van der Waals surface area contributed by atoms with Crippen molar-refractivity contribution in [3.63, 3.8) is 0 Å². The molecule has 4 rings (SSSR count). The maximum Gasteiger partial charge on any atom is 0.173 e. The van der Waals surface area contributed by atoms with Crippen molar-refractivity contribution in [2.24, 2.45) is 0 Å². The van der Waals surface area contributed by atoms with E-state index >= 15 is 0 Å². The van der Waals surface area contributed by atoms with Crippen LogP contribution < -0.4 is 4.74 Å². The molecular formula is C14H12N4OS. The van der Waals surface area contributed by atoms with Gasteiger partial charge in [-0.1, -0.05) is 11.3 Å². The monoisotopic (exact) mass is 284 g/mol. The second-order valence-corrected chi connectivity index (χ2v) is 5.59. The van der Waals surface area contributed by atoms with E-state index in [0.717, 1.165) is 38.0 Å². The topological polar surface area (TPSA) is 55.2 Å². The van der Waals surface area contributed by atoms with Gasteiger partial charge in [-0.25, -0.2) is 9.97 Å². The molecule has 0 aromatic carbocycles. The molecule has 0 aliphatic carbocycles. The third kappa shape index (κ3) is 1.48. The number of methoxy groups -OCH3 is 1. The van der Waals surface area contributed by atoms with E-state index in [1.54, 1.807) is 18.4 Å². The number of aromatic amines is 1. The highest BCUT2D eigenvalue weighted by Gasteiger charge is 2.15. The molecular weight excluding hydrogens is 272 g/mol. The Bertz CT molecular complexity index is 918. The number of imidazole rings is 1. The largest absolute Gasteiger partial charge is 0.487 e. The molecule has 20 heavy (non-hydrogen) atoms. The fourth-order valence-electron chi connectivity index (χ4n) is 2.47. The summed E-state index contributed by atoms with van der Waals surface area (Å²) in [6, 6.07) is 6.00. The molecule has 0 bridgehead atoms. The molecule has 4 aromatic heterocycles. The third-order valence-electron chi connectivity index (χ3n) is 3.37. The Morgan fingerprint density at radius 1 is 1.30 bits per heavy atom. The van der Waals surface area contributed by atoms with Crippen LogP contribution in [-0.4, -0.2) is 26.5 Å². The molecule has 4 aromatic rings. The van der Waals surface area contributed by atoms with Crippen molar-refractivity contribution in [1.82, 2.24) is 19.4 Å². The molecule has 0 saturated carbocycles. The van der Waals surface area contributed by atoms with Gasteiger partial charge in [-0.05, 0) is 25.1 Å².